The molecule has 0 aromatic heterocycles. The lowest BCUT2D eigenvalue weighted by molar-refractivity contribution is -0.147. The molecular weight excluding hydrogens is 302 g/mol. The maximum atomic E-state index is 12.4. The van der Waals surface area contributed by atoms with Crippen molar-refractivity contribution in [2.45, 2.75) is 30.8 Å². The number of carboxylic acid groups (broad SMARTS) is 1. The molecule has 0 spiro atoms. The number of piperidine rings is 1. The third kappa shape index (κ3) is 4.16. The van der Waals surface area contributed by atoms with Gasteiger partial charge in [-0.2, -0.15) is 0 Å². The number of carbonyl (C=O) groups excluding carboxylic acids is 1. The average Bonchev–Trinajstić information content (AvgIpc) is 2.55. The fraction of sp³-hybridized carbons (Fsp3) is 0.500. The molecule has 5 nitrogen and oxygen atoms in total. The number of carboxylic acids is 1. The van der Waals surface area contributed by atoms with E-state index in [1.807, 2.05) is 30.5 Å². The predicted molar refractivity (Wildman–Crippen MR) is 85.3 cm³/mol. The van der Waals surface area contributed by atoms with Crippen LogP contribution in [0.5, 0.6) is 5.75 Å². The molecule has 0 radical (unpaired) electrons. The van der Waals surface area contributed by atoms with Gasteiger partial charge in [-0.15, -0.1) is 11.8 Å². The summed E-state index contributed by atoms with van der Waals surface area (Å²) in [6, 6.07) is 7.61. The number of hydrogen-bond donors (Lipinski definition) is 1. The van der Waals surface area contributed by atoms with Crippen molar-refractivity contribution in [3.05, 3.63) is 24.3 Å². The van der Waals surface area contributed by atoms with Gasteiger partial charge in [0.15, 0.2) is 6.10 Å². The zero-order valence-electron chi connectivity index (χ0n) is 12.8. The Hall–Kier alpha value is -1.69. The van der Waals surface area contributed by atoms with Crippen LogP contribution in [-0.4, -0.2) is 47.3 Å². The molecule has 6 heteroatoms. The molecule has 1 N–H and O–H groups in total. The topological polar surface area (TPSA) is 66.8 Å². The summed E-state index contributed by atoms with van der Waals surface area (Å²) in [6.45, 7) is 2.69. The zero-order chi connectivity index (χ0) is 16.1. The highest BCUT2D eigenvalue weighted by atomic mass is 32.2. The number of rotatable bonds is 5. The van der Waals surface area contributed by atoms with Gasteiger partial charge in [-0.25, -0.2) is 0 Å². The lowest BCUT2D eigenvalue weighted by atomic mass is 9.97. The van der Waals surface area contributed by atoms with Crippen molar-refractivity contribution in [3.63, 3.8) is 0 Å². The Bertz CT molecular complexity index is 523. The molecule has 1 atom stereocenters. The van der Waals surface area contributed by atoms with Gasteiger partial charge in [-0.05, 0) is 50.3 Å². The van der Waals surface area contributed by atoms with Gasteiger partial charge in [0.25, 0.3) is 5.91 Å². The van der Waals surface area contributed by atoms with E-state index in [4.69, 9.17) is 9.84 Å². The molecule has 1 aliphatic rings. The van der Waals surface area contributed by atoms with Gasteiger partial charge in [0, 0.05) is 18.0 Å². The van der Waals surface area contributed by atoms with Crippen LogP contribution >= 0.6 is 11.8 Å². The van der Waals surface area contributed by atoms with Crippen LogP contribution in [-0.2, 0) is 9.59 Å². The highest BCUT2D eigenvalue weighted by molar-refractivity contribution is 7.98. The number of hydrogen-bond acceptors (Lipinski definition) is 4. The highest BCUT2D eigenvalue weighted by Crippen LogP contribution is 2.21. The van der Waals surface area contributed by atoms with Crippen molar-refractivity contribution in [1.82, 2.24) is 4.90 Å². The van der Waals surface area contributed by atoms with E-state index in [1.165, 1.54) is 0 Å². The van der Waals surface area contributed by atoms with Crippen molar-refractivity contribution in [2.24, 2.45) is 5.92 Å². The molecule has 0 bridgehead atoms. The van der Waals surface area contributed by atoms with E-state index < -0.39 is 12.1 Å². The van der Waals surface area contributed by atoms with E-state index in [0.29, 0.717) is 31.7 Å². The number of nitrogens with zero attached hydrogens (tertiary/aromatic N) is 1. The second-order valence-corrected chi connectivity index (χ2v) is 6.25. The molecule has 1 amide bonds. The van der Waals surface area contributed by atoms with Crippen LogP contribution in [0.4, 0.5) is 0 Å². The first-order valence-corrected chi connectivity index (χ1v) is 8.56. The minimum atomic E-state index is -0.773. The van der Waals surface area contributed by atoms with E-state index in [0.717, 1.165) is 4.90 Å². The Morgan fingerprint density at radius 3 is 2.36 bits per heavy atom. The van der Waals surface area contributed by atoms with Gasteiger partial charge in [0.05, 0.1) is 5.92 Å². The van der Waals surface area contributed by atoms with Crippen molar-refractivity contribution in [2.75, 3.05) is 19.3 Å². The SMILES string of the molecule is CSc1ccc(OC(C)C(=O)N2CCC(C(=O)O)CC2)cc1. The van der Waals surface area contributed by atoms with Gasteiger partial charge in [-0.3, -0.25) is 9.59 Å². The van der Waals surface area contributed by atoms with Crippen LogP contribution in [0.25, 0.3) is 0 Å². The molecular formula is C16H21NO4S. The lowest BCUT2D eigenvalue weighted by Crippen LogP contribution is -2.45. The Labute approximate surface area is 134 Å². The van der Waals surface area contributed by atoms with Gasteiger partial charge < -0.3 is 14.7 Å². The third-order valence-electron chi connectivity index (χ3n) is 3.88. The Kier molecular flexibility index (Phi) is 5.71. The summed E-state index contributed by atoms with van der Waals surface area (Å²) >= 11 is 1.65. The first-order valence-electron chi connectivity index (χ1n) is 7.33. The first-order chi connectivity index (χ1) is 10.5. The van der Waals surface area contributed by atoms with Gasteiger partial charge >= 0.3 is 5.97 Å². The normalized spacial score (nSPS) is 17.1. The van der Waals surface area contributed by atoms with Gasteiger partial charge in [-0.1, -0.05) is 0 Å². The molecule has 1 fully saturated rings. The quantitative estimate of drug-likeness (QED) is 0.843. The smallest absolute Gasteiger partial charge is 0.306 e. The zero-order valence-corrected chi connectivity index (χ0v) is 13.6. The van der Waals surface area contributed by atoms with Crippen molar-refractivity contribution >= 4 is 23.6 Å². The minimum absolute atomic E-state index is 0.0854. The maximum Gasteiger partial charge on any atom is 0.306 e. The predicted octanol–water partition coefficient (Wildman–Crippen LogP) is 2.50. The maximum absolute atomic E-state index is 12.4. The molecule has 22 heavy (non-hydrogen) atoms. The fourth-order valence-electron chi connectivity index (χ4n) is 2.51. The fourth-order valence-corrected chi connectivity index (χ4v) is 2.92. The van der Waals surface area contributed by atoms with E-state index in [2.05, 4.69) is 0 Å². The first kappa shape index (κ1) is 16.7. The molecule has 0 aliphatic carbocycles. The van der Waals surface area contributed by atoms with Crippen LogP contribution in [0.2, 0.25) is 0 Å². The highest BCUT2D eigenvalue weighted by Gasteiger charge is 2.29. The van der Waals surface area contributed by atoms with Crippen molar-refractivity contribution in [1.29, 1.82) is 0 Å². The molecule has 1 aromatic carbocycles. The third-order valence-corrected chi connectivity index (χ3v) is 4.62. The number of benzene rings is 1. The Morgan fingerprint density at radius 1 is 1.27 bits per heavy atom. The molecule has 1 heterocycles. The van der Waals surface area contributed by atoms with Crippen LogP contribution in [0.3, 0.4) is 0 Å². The summed E-state index contributed by atoms with van der Waals surface area (Å²) in [6.07, 6.45) is 2.45. The standard InChI is InChI=1S/C16H21NO4S/c1-11(21-13-3-5-14(22-2)6-4-13)15(18)17-9-7-12(8-10-17)16(19)20/h3-6,11-12H,7-10H2,1-2H3,(H,19,20). The summed E-state index contributed by atoms with van der Waals surface area (Å²) in [5, 5.41) is 8.98. The molecule has 2 rings (SSSR count). The van der Waals surface area contributed by atoms with Crippen molar-refractivity contribution < 1.29 is 19.4 Å². The van der Waals surface area contributed by atoms with E-state index in [-0.39, 0.29) is 11.8 Å². The van der Waals surface area contributed by atoms with Crippen molar-refractivity contribution in [3.8, 4) is 5.75 Å². The van der Waals surface area contributed by atoms with Gasteiger partial charge in [0.1, 0.15) is 5.75 Å². The largest absolute Gasteiger partial charge is 0.481 e. The summed E-state index contributed by atoms with van der Waals surface area (Å²) in [5.74, 6) is -0.526. The van der Waals surface area contributed by atoms with E-state index in [9.17, 15) is 9.59 Å². The molecule has 1 aromatic rings. The van der Waals surface area contributed by atoms with E-state index >= 15 is 0 Å². The number of thioether (sulfide) groups is 1. The summed E-state index contributed by atoms with van der Waals surface area (Å²) < 4.78 is 5.69. The number of carbonyl (C=O) groups is 2. The summed E-state index contributed by atoms with van der Waals surface area (Å²) in [5.41, 5.74) is 0. The number of ether oxygens (including phenoxy) is 1. The second kappa shape index (κ2) is 7.54. The van der Waals surface area contributed by atoms with E-state index in [1.54, 1.807) is 23.6 Å². The molecule has 1 aliphatic heterocycles. The Morgan fingerprint density at radius 2 is 1.86 bits per heavy atom. The number of likely N-dealkylation sites (tertiary alicyclic amines) is 1. The molecule has 0 saturated carbocycles. The summed E-state index contributed by atoms with van der Waals surface area (Å²) in [7, 11) is 0. The lowest BCUT2D eigenvalue weighted by Gasteiger charge is -2.32. The number of aliphatic carboxylic acids is 1. The van der Waals surface area contributed by atoms with Crippen LogP contribution in [0.1, 0.15) is 19.8 Å². The molecule has 120 valence electrons. The molecule has 1 saturated heterocycles. The van der Waals surface area contributed by atoms with Gasteiger partial charge in [0.2, 0.25) is 0 Å². The monoisotopic (exact) mass is 323 g/mol. The average molecular weight is 323 g/mol. The molecule has 1 unspecified atom stereocenters. The second-order valence-electron chi connectivity index (χ2n) is 5.37. The van der Waals surface area contributed by atoms with Crippen LogP contribution < -0.4 is 4.74 Å². The number of amides is 1. The van der Waals surface area contributed by atoms with Crippen LogP contribution in [0.15, 0.2) is 29.2 Å². The summed E-state index contributed by atoms with van der Waals surface area (Å²) in [4.78, 5) is 26.1. The Balaban J connectivity index is 1.88. The van der Waals surface area contributed by atoms with Crippen LogP contribution in [0, 0.1) is 5.92 Å². The minimum Gasteiger partial charge on any atom is -0.481 e.